The summed E-state index contributed by atoms with van der Waals surface area (Å²) >= 11 is 0. The normalized spacial score (nSPS) is 10.4. The molecule has 2 aromatic rings. The van der Waals surface area contributed by atoms with E-state index in [4.69, 9.17) is 10.8 Å². The van der Waals surface area contributed by atoms with Crippen molar-refractivity contribution in [2.75, 3.05) is 5.73 Å². The van der Waals surface area contributed by atoms with Gasteiger partial charge in [-0.15, -0.1) is 0 Å². The summed E-state index contributed by atoms with van der Waals surface area (Å²) in [7, 11) is 0. The fourth-order valence-electron chi connectivity index (χ4n) is 1.57. The Hall–Kier alpha value is -2.50. The van der Waals surface area contributed by atoms with Crippen LogP contribution in [-0.4, -0.2) is 26.0 Å². The molecule has 0 saturated heterocycles. The summed E-state index contributed by atoms with van der Waals surface area (Å²) in [5.74, 6) is -0.756. The highest BCUT2D eigenvalue weighted by molar-refractivity contribution is 5.70. The first-order valence-corrected chi connectivity index (χ1v) is 4.92. The SMILES string of the molecule is Nc1cc(CC(=O)O)n(-c2ccccc2O)n1. The van der Waals surface area contributed by atoms with Crippen molar-refractivity contribution >= 4 is 11.8 Å². The maximum atomic E-state index is 10.7. The van der Waals surface area contributed by atoms with E-state index in [1.807, 2.05) is 0 Å². The molecular formula is C11H11N3O3. The molecule has 0 aliphatic carbocycles. The van der Waals surface area contributed by atoms with Gasteiger partial charge in [0.1, 0.15) is 17.3 Å². The summed E-state index contributed by atoms with van der Waals surface area (Å²) in [5.41, 5.74) is 6.35. The number of nitrogens with zero attached hydrogens (tertiary/aromatic N) is 2. The second kappa shape index (κ2) is 4.17. The van der Waals surface area contributed by atoms with E-state index in [1.54, 1.807) is 18.2 Å². The van der Waals surface area contributed by atoms with Crippen LogP contribution in [0.15, 0.2) is 30.3 Å². The number of nitrogens with two attached hydrogens (primary N) is 1. The average Bonchev–Trinajstić information content (AvgIpc) is 2.59. The minimum absolute atomic E-state index is 0.0160. The highest BCUT2D eigenvalue weighted by Gasteiger charge is 2.13. The Labute approximate surface area is 96.9 Å². The second-order valence-electron chi connectivity index (χ2n) is 3.53. The Morgan fingerprint density at radius 1 is 1.41 bits per heavy atom. The monoisotopic (exact) mass is 233 g/mol. The summed E-state index contributed by atoms with van der Waals surface area (Å²) in [5, 5.41) is 22.4. The highest BCUT2D eigenvalue weighted by atomic mass is 16.4. The van der Waals surface area contributed by atoms with Crippen molar-refractivity contribution < 1.29 is 15.0 Å². The summed E-state index contributed by atoms with van der Waals surface area (Å²) in [6.45, 7) is 0. The molecule has 0 unspecified atom stereocenters. The lowest BCUT2D eigenvalue weighted by Crippen LogP contribution is -2.08. The number of carboxylic acid groups (broad SMARTS) is 1. The van der Waals surface area contributed by atoms with E-state index >= 15 is 0 Å². The molecule has 0 bridgehead atoms. The van der Waals surface area contributed by atoms with E-state index in [2.05, 4.69) is 5.10 Å². The molecule has 2 rings (SSSR count). The van der Waals surface area contributed by atoms with Crippen LogP contribution in [0.4, 0.5) is 5.82 Å². The van der Waals surface area contributed by atoms with Crippen LogP contribution in [0.5, 0.6) is 5.75 Å². The molecule has 1 aromatic carbocycles. The molecular weight excluding hydrogens is 222 g/mol. The molecule has 0 saturated carbocycles. The van der Waals surface area contributed by atoms with Crippen LogP contribution in [0.3, 0.4) is 0 Å². The number of rotatable bonds is 3. The first-order chi connectivity index (χ1) is 8.08. The molecule has 1 aromatic heterocycles. The second-order valence-corrected chi connectivity index (χ2v) is 3.53. The lowest BCUT2D eigenvalue weighted by molar-refractivity contribution is -0.136. The summed E-state index contributed by atoms with van der Waals surface area (Å²) < 4.78 is 1.33. The Balaban J connectivity index is 2.51. The number of benzene rings is 1. The maximum absolute atomic E-state index is 10.7. The van der Waals surface area contributed by atoms with Gasteiger partial charge in [-0.1, -0.05) is 12.1 Å². The smallest absolute Gasteiger partial charge is 0.309 e. The fraction of sp³-hybridized carbons (Fsp3) is 0.0909. The van der Waals surface area contributed by atoms with Crippen molar-refractivity contribution in [1.29, 1.82) is 0 Å². The largest absolute Gasteiger partial charge is 0.506 e. The first-order valence-electron chi connectivity index (χ1n) is 4.92. The standard InChI is InChI=1S/C11H11N3O3/c12-10-5-7(6-11(16)17)14(13-10)8-3-1-2-4-9(8)15/h1-5,15H,6H2,(H2,12,13)(H,16,17). The van der Waals surface area contributed by atoms with E-state index in [0.29, 0.717) is 11.4 Å². The third-order valence-corrected chi connectivity index (χ3v) is 2.24. The zero-order valence-electron chi connectivity index (χ0n) is 8.87. The quantitative estimate of drug-likeness (QED) is 0.727. The number of nitrogen functional groups attached to an aromatic ring is 1. The Morgan fingerprint density at radius 2 is 2.12 bits per heavy atom. The van der Waals surface area contributed by atoms with Gasteiger partial charge < -0.3 is 15.9 Å². The van der Waals surface area contributed by atoms with Gasteiger partial charge in [-0.25, -0.2) is 4.68 Å². The number of hydrogen-bond donors (Lipinski definition) is 3. The van der Waals surface area contributed by atoms with E-state index in [9.17, 15) is 9.90 Å². The van der Waals surface area contributed by atoms with Gasteiger partial charge in [-0.2, -0.15) is 5.10 Å². The third-order valence-electron chi connectivity index (χ3n) is 2.24. The van der Waals surface area contributed by atoms with E-state index in [1.165, 1.54) is 16.8 Å². The summed E-state index contributed by atoms with van der Waals surface area (Å²) in [6, 6.07) is 7.99. The van der Waals surface area contributed by atoms with Gasteiger partial charge >= 0.3 is 5.97 Å². The van der Waals surface area contributed by atoms with Crippen molar-refractivity contribution in [3.63, 3.8) is 0 Å². The molecule has 6 heteroatoms. The van der Waals surface area contributed by atoms with Gasteiger partial charge in [0.15, 0.2) is 0 Å². The number of para-hydroxylation sites is 2. The topological polar surface area (TPSA) is 101 Å². The molecule has 0 aliphatic rings. The Kier molecular flexibility index (Phi) is 2.70. The highest BCUT2D eigenvalue weighted by Crippen LogP contribution is 2.23. The van der Waals surface area contributed by atoms with Crippen LogP contribution in [0.25, 0.3) is 5.69 Å². The molecule has 88 valence electrons. The number of aromatic hydroxyl groups is 1. The number of carboxylic acids is 1. The minimum atomic E-state index is -0.985. The predicted molar refractivity (Wildman–Crippen MR) is 61.0 cm³/mol. The zero-order chi connectivity index (χ0) is 12.4. The van der Waals surface area contributed by atoms with Crippen LogP contribution >= 0.6 is 0 Å². The number of hydrogen-bond acceptors (Lipinski definition) is 4. The Bertz CT molecular complexity index is 563. The Morgan fingerprint density at radius 3 is 2.76 bits per heavy atom. The number of aromatic nitrogens is 2. The molecule has 0 fully saturated rings. The van der Waals surface area contributed by atoms with Crippen LogP contribution in [0.1, 0.15) is 5.69 Å². The zero-order valence-corrected chi connectivity index (χ0v) is 8.87. The molecule has 0 aliphatic heterocycles. The molecule has 17 heavy (non-hydrogen) atoms. The van der Waals surface area contributed by atoms with Gasteiger partial charge in [0, 0.05) is 6.07 Å². The molecule has 0 spiro atoms. The van der Waals surface area contributed by atoms with Crippen molar-refractivity contribution in [2.45, 2.75) is 6.42 Å². The first kappa shape index (κ1) is 11.0. The fourth-order valence-corrected chi connectivity index (χ4v) is 1.57. The number of carbonyl (C=O) groups is 1. The molecule has 4 N–H and O–H groups in total. The van der Waals surface area contributed by atoms with E-state index in [-0.39, 0.29) is 18.0 Å². The molecule has 6 nitrogen and oxygen atoms in total. The lowest BCUT2D eigenvalue weighted by Gasteiger charge is -2.07. The number of anilines is 1. The van der Waals surface area contributed by atoms with E-state index in [0.717, 1.165) is 0 Å². The van der Waals surface area contributed by atoms with Crippen LogP contribution in [0, 0.1) is 0 Å². The summed E-state index contributed by atoms with van der Waals surface area (Å²) in [6.07, 6.45) is -0.210. The number of phenols is 1. The van der Waals surface area contributed by atoms with Gasteiger partial charge in [-0.3, -0.25) is 4.79 Å². The minimum Gasteiger partial charge on any atom is -0.506 e. The predicted octanol–water partition coefficient (Wildman–Crippen LogP) is 0.787. The molecule has 0 atom stereocenters. The lowest BCUT2D eigenvalue weighted by atomic mass is 10.2. The van der Waals surface area contributed by atoms with E-state index < -0.39 is 5.97 Å². The van der Waals surface area contributed by atoms with Crippen molar-refractivity contribution in [3.05, 3.63) is 36.0 Å². The molecule has 0 radical (unpaired) electrons. The maximum Gasteiger partial charge on any atom is 0.309 e. The van der Waals surface area contributed by atoms with Crippen molar-refractivity contribution in [3.8, 4) is 11.4 Å². The molecule has 1 heterocycles. The van der Waals surface area contributed by atoms with Gasteiger partial charge in [-0.05, 0) is 12.1 Å². The van der Waals surface area contributed by atoms with Crippen LogP contribution in [-0.2, 0) is 11.2 Å². The average molecular weight is 233 g/mol. The molecule has 0 amide bonds. The summed E-state index contributed by atoms with van der Waals surface area (Å²) in [4.78, 5) is 10.7. The van der Waals surface area contributed by atoms with Crippen LogP contribution < -0.4 is 5.73 Å². The number of aliphatic carboxylic acids is 1. The van der Waals surface area contributed by atoms with Gasteiger partial charge in [0.25, 0.3) is 0 Å². The van der Waals surface area contributed by atoms with Crippen LogP contribution in [0.2, 0.25) is 0 Å². The third kappa shape index (κ3) is 2.20. The number of phenolic OH excluding ortho intramolecular Hbond substituents is 1. The van der Waals surface area contributed by atoms with Gasteiger partial charge in [0.05, 0.1) is 12.1 Å². The van der Waals surface area contributed by atoms with Crippen molar-refractivity contribution in [2.24, 2.45) is 0 Å². The van der Waals surface area contributed by atoms with Crippen molar-refractivity contribution in [1.82, 2.24) is 9.78 Å². The van der Waals surface area contributed by atoms with Gasteiger partial charge in [0.2, 0.25) is 0 Å².